The zero-order valence-electron chi connectivity index (χ0n) is 7.06. The Morgan fingerprint density at radius 1 is 0.692 bits per heavy atom. The third-order valence-electron chi connectivity index (χ3n) is 2.01. The van der Waals surface area contributed by atoms with Crippen LogP contribution >= 0.6 is 49.6 Å². The Hall–Kier alpha value is 0.380. The molecule has 1 aromatic carbocycles. The van der Waals surface area contributed by atoms with E-state index in [1.165, 1.54) is 19.3 Å². The van der Waals surface area contributed by atoms with Gasteiger partial charge >= 0.3 is 0 Å². The number of aryl methyl sites for hydroxylation is 2. The fraction of sp³-hybridized carbons (Fsp3) is 0.333. The molecule has 0 N–H and O–H groups in total. The molecule has 1 aromatic rings. The van der Waals surface area contributed by atoms with E-state index >= 15 is 0 Å². The van der Waals surface area contributed by atoms with Crippen molar-refractivity contribution in [1.82, 2.24) is 0 Å². The second-order valence-corrected chi connectivity index (χ2v) is 2.62. The summed E-state index contributed by atoms with van der Waals surface area (Å²) in [6, 6.07) is 8.74. The van der Waals surface area contributed by atoms with Crippen molar-refractivity contribution in [2.45, 2.75) is 19.3 Å². The van der Waals surface area contributed by atoms with Crippen LogP contribution in [0.2, 0.25) is 0 Å². The zero-order valence-corrected chi connectivity index (χ0v) is 10.3. The molecule has 0 amide bonds. The van der Waals surface area contributed by atoms with Gasteiger partial charge in [-0.3, -0.25) is 0 Å². The highest BCUT2D eigenvalue weighted by molar-refractivity contribution is 5.86. The predicted octanol–water partition coefficient (Wildman–Crippen LogP) is 3.86. The van der Waals surface area contributed by atoms with Gasteiger partial charge in [0.1, 0.15) is 0 Å². The zero-order chi connectivity index (χ0) is 6.10. The molecule has 1 aliphatic carbocycles. The molecule has 0 saturated carbocycles. The number of benzene rings is 1. The quantitative estimate of drug-likeness (QED) is 0.667. The molecule has 0 heterocycles. The molecule has 4 heteroatoms. The number of hydrogen-bond donors (Lipinski definition) is 0. The molecule has 0 aliphatic heterocycles. The summed E-state index contributed by atoms with van der Waals surface area (Å²) in [7, 11) is 0. The van der Waals surface area contributed by atoms with Gasteiger partial charge < -0.3 is 0 Å². The Bertz CT molecular complexity index is 202. The van der Waals surface area contributed by atoms with Gasteiger partial charge in [-0.2, -0.15) is 0 Å². The highest BCUT2D eigenvalue weighted by atomic mass is 35.5. The monoisotopic (exact) mass is 262 g/mol. The summed E-state index contributed by atoms with van der Waals surface area (Å²) in [5.41, 5.74) is 3.13. The Balaban J connectivity index is -0.000000250. The molecular formula is C9H14Cl4. The molecule has 0 radical (unpaired) electrons. The summed E-state index contributed by atoms with van der Waals surface area (Å²) in [5, 5.41) is 0. The van der Waals surface area contributed by atoms with Crippen LogP contribution in [0.5, 0.6) is 0 Å². The van der Waals surface area contributed by atoms with Gasteiger partial charge in [0.15, 0.2) is 0 Å². The topological polar surface area (TPSA) is 0 Å². The van der Waals surface area contributed by atoms with E-state index in [4.69, 9.17) is 0 Å². The largest absolute Gasteiger partial charge is 0.147 e. The molecule has 2 rings (SSSR count). The minimum Gasteiger partial charge on any atom is -0.147 e. The summed E-state index contributed by atoms with van der Waals surface area (Å²) in [4.78, 5) is 0. The SMILES string of the molecule is Cl.Cl.Cl.Cl.c1ccc2c(c1)CCC2. The first-order valence-electron chi connectivity index (χ1n) is 3.53. The molecule has 78 valence electrons. The van der Waals surface area contributed by atoms with E-state index in [1.54, 1.807) is 11.1 Å². The van der Waals surface area contributed by atoms with Crippen LogP contribution in [0.15, 0.2) is 24.3 Å². The molecule has 0 fully saturated rings. The van der Waals surface area contributed by atoms with Gasteiger partial charge in [0.05, 0.1) is 0 Å². The lowest BCUT2D eigenvalue weighted by atomic mass is 10.1. The standard InChI is InChI=1S/C9H10.4ClH/c1-2-5-9-7-3-6-8(9)4-1;;;;/h1-2,4-5H,3,6-7H2;4*1H. The summed E-state index contributed by atoms with van der Waals surface area (Å²) in [6.07, 6.45) is 3.96. The summed E-state index contributed by atoms with van der Waals surface area (Å²) < 4.78 is 0. The Morgan fingerprint density at radius 3 is 1.46 bits per heavy atom. The fourth-order valence-electron chi connectivity index (χ4n) is 1.51. The average Bonchev–Trinajstić information content (AvgIpc) is 2.33. The van der Waals surface area contributed by atoms with Crippen LogP contribution < -0.4 is 0 Å². The maximum atomic E-state index is 2.24. The fourth-order valence-corrected chi connectivity index (χ4v) is 1.51. The molecular weight excluding hydrogens is 250 g/mol. The molecule has 13 heavy (non-hydrogen) atoms. The van der Waals surface area contributed by atoms with E-state index < -0.39 is 0 Å². The summed E-state index contributed by atoms with van der Waals surface area (Å²) in [6.45, 7) is 0. The molecule has 0 aromatic heterocycles. The van der Waals surface area contributed by atoms with Crippen molar-refractivity contribution in [3.05, 3.63) is 35.4 Å². The van der Waals surface area contributed by atoms with Crippen LogP contribution in [0.3, 0.4) is 0 Å². The van der Waals surface area contributed by atoms with Gasteiger partial charge in [0.2, 0.25) is 0 Å². The van der Waals surface area contributed by atoms with Gasteiger partial charge in [0.25, 0.3) is 0 Å². The number of fused-ring (bicyclic) bond motifs is 1. The molecule has 1 aliphatic rings. The van der Waals surface area contributed by atoms with Crippen LogP contribution in [0, 0.1) is 0 Å². The smallest absolute Gasteiger partial charge is 0.0273 e. The van der Waals surface area contributed by atoms with Crippen molar-refractivity contribution in [2.75, 3.05) is 0 Å². The first-order chi connectivity index (χ1) is 4.47. The Labute approximate surface area is 104 Å². The highest BCUT2D eigenvalue weighted by Gasteiger charge is 2.07. The second kappa shape index (κ2) is 8.96. The Morgan fingerprint density at radius 2 is 1.08 bits per heavy atom. The van der Waals surface area contributed by atoms with Gasteiger partial charge in [-0.25, -0.2) is 0 Å². The number of halogens is 4. The van der Waals surface area contributed by atoms with E-state index in [1.807, 2.05) is 0 Å². The van der Waals surface area contributed by atoms with Gasteiger partial charge in [-0.15, -0.1) is 49.6 Å². The summed E-state index contributed by atoms with van der Waals surface area (Å²) >= 11 is 0. The highest BCUT2D eigenvalue weighted by Crippen LogP contribution is 2.20. The third kappa shape index (κ3) is 4.42. The first kappa shape index (κ1) is 19.0. The van der Waals surface area contributed by atoms with Gasteiger partial charge in [0, 0.05) is 0 Å². The lowest BCUT2D eigenvalue weighted by molar-refractivity contribution is 0.912. The lowest BCUT2D eigenvalue weighted by Crippen LogP contribution is -1.77. The minimum absolute atomic E-state index is 0. The van der Waals surface area contributed by atoms with Crippen LogP contribution in [-0.2, 0) is 12.8 Å². The minimum atomic E-state index is 0. The van der Waals surface area contributed by atoms with Crippen LogP contribution in [-0.4, -0.2) is 0 Å². The number of rotatable bonds is 0. The van der Waals surface area contributed by atoms with Crippen molar-refractivity contribution >= 4 is 49.6 Å². The van der Waals surface area contributed by atoms with E-state index in [2.05, 4.69) is 24.3 Å². The van der Waals surface area contributed by atoms with Crippen LogP contribution in [0.4, 0.5) is 0 Å². The number of hydrogen-bond acceptors (Lipinski definition) is 0. The van der Waals surface area contributed by atoms with Crippen LogP contribution in [0.25, 0.3) is 0 Å². The van der Waals surface area contributed by atoms with Crippen molar-refractivity contribution < 1.29 is 0 Å². The van der Waals surface area contributed by atoms with E-state index in [0.717, 1.165) is 0 Å². The lowest BCUT2D eigenvalue weighted by Gasteiger charge is -1.93. The Kier molecular flexibility index (Phi) is 13.1. The van der Waals surface area contributed by atoms with E-state index in [0.29, 0.717) is 0 Å². The molecule has 0 saturated heterocycles. The van der Waals surface area contributed by atoms with Gasteiger partial charge in [-0.1, -0.05) is 24.3 Å². The van der Waals surface area contributed by atoms with Gasteiger partial charge in [-0.05, 0) is 30.4 Å². The first-order valence-corrected chi connectivity index (χ1v) is 3.53. The molecule has 0 unspecified atom stereocenters. The molecule has 0 spiro atoms. The van der Waals surface area contributed by atoms with Crippen molar-refractivity contribution in [3.8, 4) is 0 Å². The normalized spacial score (nSPS) is 10.8. The average molecular weight is 264 g/mol. The summed E-state index contributed by atoms with van der Waals surface area (Å²) in [5.74, 6) is 0. The predicted molar refractivity (Wildman–Crippen MR) is 67.5 cm³/mol. The van der Waals surface area contributed by atoms with Crippen molar-refractivity contribution in [1.29, 1.82) is 0 Å². The second-order valence-electron chi connectivity index (χ2n) is 2.62. The maximum absolute atomic E-state index is 2.24. The molecule has 0 atom stereocenters. The van der Waals surface area contributed by atoms with E-state index in [-0.39, 0.29) is 49.6 Å². The maximum Gasteiger partial charge on any atom is -0.0273 e. The molecule has 0 nitrogen and oxygen atoms in total. The third-order valence-corrected chi connectivity index (χ3v) is 2.01. The van der Waals surface area contributed by atoms with Crippen LogP contribution in [0.1, 0.15) is 17.5 Å². The molecule has 0 bridgehead atoms. The van der Waals surface area contributed by atoms with Crippen molar-refractivity contribution in [3.63, 3.8) is 0 Å². The van der Waals surface area contributed by atoms with Crippen molar-refractivity contribution in [2.24, 2.45) is 0 Å². The van der Waals surface area contributed by atoms with E-state index in [9.17, 15) is 0 Å².